The number of amides is 2. The summed E-state index contributed by atoms with van der Waals surface area (Å²) in [5.74, 6) is -1.49. The number of nitrogens with two attached hydrogens (primary N) is 1. The van der Waals surface area contributed by atoms with E-state index in [1.807, 2.05) is 77.6 Å². The lowest BCUT2D eigenvalue weighted by Gasteiger charge is -2.28. The number of halogens is 1. The van der Waals surface area contributed by atoms with Gasteiger partial charge in [-0.1, -0.05) is 42.5 Å². The Morgan fingerprint density at radius 1 is 1.03 bits per heavy atom. The number of pyridine rings is 1. The molecular weight excluding hydrogens is 431 g/mol. The van der Waals surface area contributed by atoms with Gasteiger partial charge >= 0.3 is 0 Å². The van der Waals surface area contributed by atoms with Crippen molar-refractivity contribution in [2.24, 2.45) is 5.73 Å². The monoisotopic (exact) mass is 461 g/mol. The van der Waals surface area contributed by atoms with Crippen LogP contribution in [0.1, 0.15) is 17.9 Å². The average molecular weight is 462 g/mol. The molecule has 2 amide bonds. The van der Waals surface area contributed by atoms with Crippen molar-refractivity contribution < 1.29 is 18.5 Å². The van der Waals surface area contributed by atoms with Crippen LogP contribution in [0.25, 0.3) is 16.8 Å². The van der Waals surface area contributed by atoms with Crippen LogP contribution in [0.3, 0.4) is 0 Å². The Morgan fingerprint density at radius 3 is 2.35 bits per heavy atom. The van der Waals surface area contributed by atoms with Gasteiger partial charge in [0.05, 0.1) is 12.5 Å². The van der Waals surface area contributed by atoms with Crippen LogP contribution in [0, 0.1) is 0 Å². The van der Waals surface area contributed by atoms with Crippen molar-refractivity contribution in [2.75, 3.05) is 27.2 Å². The van der Waals surface area contributed by atoms with Gasteiger partial charge in [0, 0.05) is 44.9 Å². The predicted octanol–water partition coefficient (Wildman–Crippen LogP) is 2.70. The molecule has 1 fully saturated rings. The summed E-state index contributed by atoms with van der Waals surface area (Å²) in [5.41, 5.74) is 10.0. The SMILES string of the molecule is CN(C)C(=O)[C@@H](c1ccc(-c2cccc(-[n+]3ccccc3)c2)cc1)[C@H](N)C(=O)N1CC[C@H](F)C1. The normalized spacial score (nSPS) is 17.3. The number of aromatic nitrogens is 1. The van der Waals surface area contributed by atoms with Gasteiger partial charge in [-0.2, -0.15) is 4.57 Å². The molecule has 0 aliphatic carbocycles. The third-order valence-electron chi connectivity index (χ3n) is 6.26. The van der Waals surface area contributed by atoms with E-state index in [2.05, 4.69) is 6.07 Å². The maximum Gasteiger partial charge on any atom is 0.240 e. The van der Waals surface area contributed by atoms with Crippen LogP contribution in [0.5, 0.6) is 0 Å². The highest BCUT2D eigenvalue weighted by Gasteiger charge is 2.37. The second-order valence-corrected chi connectivity index (χ2v) is 8.86. The molecule has 2 heterocycles. The van der Waals surface area contributed by atoms with Crippen LogP contribution in [-0.2, 0) is 9.59 Å². The molecule has 2 aromatic carbocycles. The molecule has 4 rings (SSSR count). The van der Waals surface area contributed by atoms with Crippen molar-refractivity contribution >= 4 is 11.8 Å². The Bertz CT molecular complexity index is 1150. The highest BCUT2D eigenvalue weighted by Crippen LogP contribution is 2.27. The molecule has 7 heteroatoms. The highest BCUT2D eigenvalue weighted by atomic mass is 19.1. The summed E-state index contributed by atoms with van der Waals surface area (Å²) in [6.45, 7) is 0.357. The van der Waals surface area contributed by atoms with Gasteiger partial charge in [-0.3, -0.25) is 9.59 Å². The van der Waals surface area contributed by atoms with E-state index in [1.54, 1.807) is 14.1 Å². The standard InChI is InChI=1S/C27H30FN4O2/c1-30(2)26(33)24(25(29)27(34)32-16-13-22(28)18-32)20-11-9-19(10-12-20)21-7-6-8-23(17-21)31-14-4-3-5-15-31/h3-12,14-15,17,22,24-25H,13,16,18,29H2,1-2H3/q+1/t22-,24-,25-/m0/s1. The van der Waals surface area contributed by atoms with E-state index in [9.17, 15) is 14.0 Å². The fourth-order valence-electron chi connectivity index (χ4n) is 4.35. The van der Waals surface area contributed by atoms with Crippen molar-refractivity contribution in [1.82, 2.24) is 9.80 Å². The summed E-state index contributed by atoms with van der Waals surface area (Å²) in [7, 11) is 3.28. The lowest BCUT2D eigenvalue weighted by molar-refractivity contribution is -0.595. The molecule has 176 valence electrons. The third-order valence-corrected chi connectivity index (χ3v) is 6.26. The maximum absolute atomic E-state index is 13.6. The Hall–Kier alpha value is -3.58. The summed E-state index contributed by atoms with van der Waals surface area (Å²) < 4.78 is 15.7. The zero-order valence-electron chi connectivity index (χ0n) is 19.5. The summed E-state index contributed by atoms with van der Waals surface area (Å²) in [4.78, 5) is 28.8. The quantitative estimate of drug-likeness (QED) is 0.574. The van der Waals surface area contributed by atoms with E-state index in [0.29, 0.717) is 18.5 Å². The topological polar surface area (TPSA) is 70.5 Å². The fourth-order valence-corrected chi connectivity index (χ4v) is 4.35. The number of hydrogen-bond donors (Lipinski definition) is 1. The molecule has 1 aromatic heterocycles. The molecule has 0 unspecified atom stereocenters. The Kier molecular flexibility index (Phi) is 7.03. The zero-order valence-corrected chi connectivity index (χ0v) is 19.5. The molecule has 0 radical (unpaired) electrons. The van der Waals surface area contributed by atoms with E-state index in [0.717, 1.165) is 16.8 Å². The van der Waals surface area contributed by atoms with E-state index >= 15 is 0 Å². The third kappa shape index (κ3) is 4.99. The minimum atomic E-state index is -1.08. The zero-order chi connectivity index (χ0) is 24.2. The van der Waals surface area contributed by atoms with E-state index < -0.39 is 24.0 Å². The number of rotatable bonds is 6. The van der Waals surface area contributed by atoms with Crippen LogP contribution >= 0.6 is 0 Å². The molecule has 3 aromatic rings. The summed E-state index contributed by atoms with van der Waals surface area (Å²) in [5, 5.41) is 0. The first-order valence-corrected chi connectivity index (χ1v) is 11.4. The Morgan fingerprint density at radius 2 is 1.74 bits per heavy atom. The van der Waals surface area contributed by atoms with Gasteiger partial charge in [-0.05, 0) is 23.1 Å². The van der Waals surface area contributed by atoms with Crippen molar-refractivity contribution in [3.63, 3.8) is 0 Å². The number of likely N-dealkylation sites (tertiary alicyclic amines) is 1. The molecule has 1 aliphatic heterocycles. The van der Waals surface area contributed by atoms with Crippen molar-refractivity contribution in [3.8, 4) is 16.8 Å². The van der Waals surface area contributed by atoms with Gasteiger partial charge < -0.3 is 15.5 Å². The molecule has 1 aliphatic rings. The van der Waals surface area contributed by atoms with Crippen LogP contribution in [-0.4, -0.2) is 61.0 Å². The fraction of sp³-hybridized carbons (Fsp3) is 0.296. The van der Waals surface area contributed by atoms with Crippen LogP contribution in [0.2, 0.25) is 0 Å². The van der Waals surface area contributed by atoms with Crippen molar-refractivity contribution in [1.29, 1.82) is 0 Å². The largest absolute Gasteiger partial charge is 0.348 e. The van der Waals surface area contributed by atoms with Gasteiger partial charge in [0.2, 0.25) is 17.5 Å². The van der Waals surface area contributed by atoms with Gasteiger partial charge in [0.25, 0.3) is 0 Å². The van der Waals surface area contributed by atoms with E-state index in [1.165, 1.54) is 9.80 Å². The number of carbonyl (C=O) groups is 2. The first kappa shape index (κ1) is 23.6. The van der Waals surface area contributed by atoms with Crippen LogP contribution in [0.15, 0.2) is 79.1 Å². The number of likely N-dealkylation sites (N-methyl/N-ethyl adjacent to an activating group) is 1. The smallest absolute Gasteiger partial charge is 0.240 e. The number of carbonyl (C=O) groups excluding carboxylic acids is 2. The van der Waals surface area contributed by atoms with Gasteiger partial charge in [0.1, 0.15) is 12.2 Å². The molecule has 3 atom stereocenters. The molecule has 34 heavy (non-hydrogen) atoms. The highest BCUT2D eigenvalue weighted by molar-refractivity contribution is 5.93. The first-order valence-electron chi connectivity index (χ1n) is 11.4. The number of benzene rings is 2. The van der Waals surface area contributed by atoms with E-state index in [-0.39, 0.29) is 12.5 Å². The summed E-state index contributed by atoms with van der Waals surface area (Å²) >= 11 is 0. The van der Waals surface area contributed by atoms with Gasteiger partial charge in [0.15, 0.2) is 12.4 Å². The molecule has 0 saturated carbocycles. The molecule has 1 saturated heterocycles. The maximum atomic E-state index is 13.6. The van der Waals surface area contributed by atoms with Crippen LogP contribution < -0.4 is 10.3 Å². The summed E-state index contributed by atoms with van der Waals surface area (Å²) in [6, 6.07) is 20.6. The minimum absolute atomic E-state index is 0.0319. The van der Waals surface area contributed by atoms with Crippen LogP contribution in [0.4, 0.5) is 4.39 Å². The van der Waals surface area contributed by atoms with E-state index in [4.69, 9.17) is 5.73 Å². The second kappa shape index (κ2) is 10.1. The van der Waals surface area contributed by atoms with Gasteiger partial charge in [-0.15, -0.1) is 0 Å². The average Bonchev–Trinajstić information content (AvgIpc) is 3.30. The number of nitrogens with zero attached hydrogens (tertiary/aromatic N) is 3. The lowest BCUT2D eigenvalue weighted by atomic mass is 9.88. The number of hydrogen-bond acceptors (Lipinski definition) is 3. The van der Waals surface area contributed by atoms with Gasteiger partial charge in [-0.25, -0.2) is 4.39 Å². The Balaban J connectivity index is 1.61. The number of alkyl halides is 1. The molecular formula is C27H30FN4O2+. The summed E-state index contributed by atoms with van der Waals surface area (Å²) in [6.07, 6.45) is 3.25. The molecule has 2 N–H and O–H groups in total. The molecule has 0 bridgehead atoms. The predicted molar refractivity (Wildman–Crippen MR) is 129 cm³/mol. The van der Waals surface area contributed by atoms with Crippen molar-refractivity contribution in [2.45, 2.75) is 24.6 Å². The first-order chi connectivity index (χ1) is 16.3. The minimum Gasteiger partial charge on any atom is -0.348 e. The molecule has 6 nitrogen and oxygen atoms in total. The Labute approximate surface area is 199 Å². The molecule has 0 spiro atoms. The lowest BCUT2D eigenvalue weighted by Crippen LogP contribution is -2.50. The van der Waals surface area contributed by atoms with Crippen molar-refractivity contribution in [3.05, 3.63) is 84.7 Å². The second-order valence-electron chi connectivity index (χ2n) is 8.86.